The Labute approximate surface area is 106 Å². The fraction of sp³-hybridized carbons (Fsp3) is 0. The fourth-order valence-electron chi connectivity index (χ4n) is 1.29. The SMILES string of the molecule is N#Cc1cc(N)cnc1Sc1cc(F)ccc1F. The molecule has 0 aliphatic carbocycles. The van der Waals surface area contributed by atoms with E-state index in [9.17, 15) is 8.78 Å². The van der Waals surface area contributed by atoms with Crippen molar-refractivity contribution in [2.45, 2.75) is 9.92 Å². The quantitative estimate of drug-likeness (QED) is 0.904. The third-order valence-corrected chi connectivity index (χ3v) is 3.14. The summed E-state index contributed by atoms with van der Waals surface area (Å²) in [6, 6.07) is 6.46. The maximum atomic E-state index is 13.4. The molecule has 2 aromatic rings. The smallest absolute Gasteiger partial charge is 0.137 e. The van der Waals surface area contributed by atoms with Gasteiger partial charge in [0.1, 0.15) is 22.7 Å². The van der Waals surface area contributed by atoms with Gasteiger partial charge >= 0.3 is 0 Å². The minimum Gasteiger partial charge on any atom is -0.397 e. The Hall–Kier alpha value is -2.13. The van der Waals surface area contributed by atoms with Crippen molar-refractivity contribution in [1.82, 2.24) is 4.98 Å². The molecule has 0 radical (unpaired) electrons. The molecule has 3 nitrogen and oxygen atoms in total. The van der Waals surface area contributed by atoms with Crippen LogP contribution in [0.25, 0.3) is 0 Å². The van der Waals surface area contributed by atoms with Gasteiger partial charge in [-0.2, -0.15) is 5.26 Å². The van der Waals surface area contributed by atoms with Crippen LogP contribution in [0.4, 0.5) is 14.5 Å². The molecule has 1 aromatic carbocycles. The fourth-order valence-corrected chi connectivity index (χ4v) is 2.15. The average molecular weight is 263 g/mol. The number of anilines is 1. The molecule has 2 rings (SSSR count). The van der Waals surface area contributed by atoms with Gasteiger partial charge in [-0.15, -0.1) is 0 Å². The highest BCUT2D eigenvalue weighted by Crippen LogP contribution is 2.31. The van der Waals surface area contributed by atoms with Gasteiger partial charge in [0.05, 0.1) is 22.3 Å². The van der Waals surface area contributed by atoms with E-state index in [1.807, 2.05) is 6.07 Å². The van der Waals surface area contributed by atoms with Crippen molar-refractivity contribution < 1.29 is 8.78 Å². The first-order valence-corrected chi connectivity index (χ1v) is 5.70. The Kier molecular flexibility index (Phi) is 3.44. The van der Waals surface area contributed by atoms with E-state index in [1.165, 1.54) is 12.3 Å². The number of nitriles is 1. The second-order valence-electron chi connectivity index (χ2n) is 3.41. The van der Waals surface area contributed by atoms with Crippen LogP contribution in [0.3, 0.4) is 0 Å². The van der Waals surface area contributed by atoms with E-state index in [1.54, 1.807) is 0 Å². The van der Waals surface area contributed by atoms with Crippen LogP contribution in [0.5, 0.6) is 0 Å². The van der Waals surface area contributed by atoms with Crippen LogP contribution in [0.15, 0.2) is 40.4 Å². The lowest BCUT2D eigenvalue weighted by molar-refractivity contribution is 0.577. The zero-order chi connectivity index (χ0) is 13.1. The highest BCUT2D eigenvalue weighted by molar-refractivity contribution is 7.99. The molecule has 0 amide bonds. The topological polar surface area (TPSA) is 62.7 Å². The van der Waals surface area contributed by atoms with E-state index >= 15 is 0 Å². The summed E-state index contributed by atoms with van der Waals surface area (Å²) >= 11 is 0.884. The Morgan fingerprint density at radius 1 is 1.28 bits per heavy atom. The number of hydrogen-bond donors (Lipinski definition) is 1. The molecule has 0 spiro atoms. The highest BCUT2D eigenvalue weighted by atomic mass is 32.2. The lowest BCUT2D eigenvalue weighted by atomic mass is 10.3. The van der Waals surface area contributed by atoms with Crippen LogP contribution in [-0.2, 0) is 0 Å². The van der Waals surface area contributed by atoms with E-state index in [-0.39, 0.29) is 15.5 Å². The summed E-state index contributed by atoms with van der Waals surface area (Å²) in [7, 11) is 0. The molecule has 0 aliphatic heterocycles. The summed E-state index contributed by atoms with van der Waals surface area (Å²) in [6.45, 7) is 0. The summed E-state index contributed by atoms with van der Waals surface area (Å²) in [5, 5.41) is 9.21. The Morgan fingerprint density at radius 3 is 2.78 bits per heavy atom. The number of nitrogen functional groups attached to an aromatic ring is 1. The predicted octanol–water partition coefficient (Wildman–Crippen LogP) is 2.96. The Morgan fingerprint density at radius 2 is 2.06 bits per heavy atom. The third-order valence-electron chi connectivity index (χ3n) is 2.09. The van der Waals surface area contributed by atoms with Crippen LogP contribution < -0.4 is 5.73 Å². The molecular formula is C12H7F2N3S. The molecule has 90 valence electrons. The van der Waals surface area contributed by atoms with Crippen LogP contribution in [0.2, 0.25) is 0 Å². The first-order chi connectivity index (χ1) is 8.60. The minimum absolute atomic E-state index is 0.0729. The summed E-state index contributed by atoms with van der Waals surface area (Å²) in [5.41, 5.74) is 6.06. The molecule has 2 N–H and O–H groups in total. The number of nitrogens with zero attached hydrogens (tertiary/aromatic N) is 2. The van der Waals surface area contributed by atoms with Crippen LogP contribution in [0, 0.1) is 23.0 Å². The van der Waals surface area contributed by atoms with E-state index in [0.29, 0.717) is 5.69 Å². The van der Waals surface area contributed by atoms with Gasteiger partial charge in [0.2, 0.25) is 0 Å². The molecule has 0 fully saturated rings. The normalized spacial score (nSPS) is 10.1. The van der Waals surface area contributed by atoms with Crippen molar-refractivity contribution in [3.05, 3.63) is 47.7 Å². The van der Waals surface area contributed by atoms with Crippen LogP contribution in [-0.4, -0.2) is 4.98 Å². The van der Waals surface area contributed by atoms with Crippen molar-refractivity contribution >= 4 is 17.4 Å². The van der Waals surface area contributed by atoms with Crippen molar-refractivity contribution in [3.8, 4) is 6.07 Å². The second kappa shape index (κ2) is 5.02. The lowest BCUT2D eigenvalue weighted by Crippen LogP contribution is -1.93. The van der Waals surface area contributed by atoms with Gasteiger partial charge in [0.25, 0.3) is 0 Å². The molecule has 18 heavy (non-hydrogen) atoms. The lowest BCUT2D eigenvalue weighted by Gasteiger charge is -2.05. The largest absolute Gasteiger partial charge is 0.397 e. The first kappa shape index (κ1) is 12.3. The van der Waals surface area contributed by atoms with Gasteiger partial charge in [-0.1, -0.05) is 11.8 Å². The Bertz CT molecular complexity index is 638. The van der Waals surface area contributed by atoms with Crippen LogP contribution >= 0.6 is 11.8 Å². The molecule has 0 saturated carbocycles. The highest BCUT2D eigenvalue weighted by Gasteiger charge is 2.11. The molecular weight excluding hydrogens is 256 g/mol. The van der Waals surface area contributed by atoms with Gasteiger partial charge in [-0.25, -0.2) is 13.8 Å². The molecule has 0 atom stereocenters. The molecule has 1 aromatic heterocycles. The molecule has 6 heteroatoms. The Balaban J connectivity index is 2.40. The summed E-state index contributed by atoms with van der Waals surface area (Å²) in [4.78, 5) is 4.01. The number of pyridine rings is 1. The van der Waals surface area contributed by atoms with E-state index < -0.39 is 11.6 Å². The number of halogens is 2. The van der Waals surface area contributed by atoms with Crippen molar-refractivity contribution in [2.75, 3.05) is 5.73 Å². The van der Waals surface area contributed by atoms with E-state index in [2.05, 4.69) is 4.98 Å². The summed E-state index contributed by atoms with van der Waals surface area (Å²) in [6.07, 6.45) is 1.36. The number of aromatic nitrogens is 1. The number of nitrogens with two attached hydrogens (primary N) is 1. The average Bonchev–Trinajstić information content (AvgIpc) is 2.36. The number of hydrogen-bond acceptors (Lipinski definition) is 4. The second-order valence-corrected chi connectivity index (χ2v) is 4.44. The molecule has 1 heterocycles. The molecule has 0 bridgehead atoms. The maximum absolute atomic E-state index is 13.4. The van der Waals surface area contributed by atoms with Gasteiger partial charge in [0, 0.05) is 0 Å². The van der Waals surface area contributed by atoms with Crippen molar-refractivity contribution in [2.24, 2.45) is 0 Å². The van der Waals surface area contributed by atoms with Crippen LogP contribution in [0.1, 0.15) is 5.56 Å². The van der Waals surface area contributed by atoms with Gasteiger partial charge in [-0.3, -0.25) is 0 Å². The third kappa shape index (κ3) is 2.57. The van der Waals surface area contributed by atoms with E-state index in [0.717, 1.165) is 30.0 Å². The number of benzene rings is 1. The monoisotopic (exact) mass is 263 g/mol. The predicted molar refractivity (Wildman–Crippen MR) is 63.8 cm³/mol. The molecule has 0 aliphatic rings. The van der Waals surface area contributed by atoms with Crippen molar-refractivity contribution in [1.29, 1.82) is 5.26 Å². The maximum Gasteiger partial charge on any atom is 0.137 e. The zero-order valence-corrected chi connectivity index (χ0v) is 9.84. The minimum atomic E-state index is -0.566. The molecule has 0 saturated heterocycles. The van der Waals surface area contributed by atoms with Gasteiger partial charge < -0.3 is 5.73 Å². The number of rotatable bonds is 2. The first-order valence-electron chi connectivity index (χ1n) is 4.88. The summed E-state index contributed by atoms with van der Waals surface area (Å²) in [5.74, 6) is -1.11. The van der Waals surface area contributed by atoms with Gasteiger partial charge in [-0.05, 0) is 24.3 Å². The zero-order valence-electron chi connectivity index (χ0n) is 9.02. The van der Waals surface area contributed by atoms with Gasteiger partial charge in [0.15, 0.2) is 0 Å². The standard InChI is InChI=1S/C12H7F2N3S/c13-8-1-2-10(14)11(4-8)18-12-7(5-15)3-9(16)6-17-12/h1-4,6H,16H2. The van der Waals surface area contributed by atoms with E-state index in [4.69, 9.17) is 11.0 Å². The molecule has 0 unspecified atom stereocenters. The van der Waals surface area contributed by atoms with Crippen molar-refractivity contribution in [3.63, 3.8) is 0 Å². The summed E-state index contributed by atoms with van der Waals surface area (Å²) < 4.78 is 26.5.